The van der Waals surface area contributed by atoms with Crippen molar-refractivity contribution in [1.82, 2.24) is 9.97 Å². The summed E-state index contributed by atoms with van der Waals surface area (Å²) in [5, 5.41) is 0. The molecule has 3 nitrogen and oxygen atoms in total. The molecule has 2 N–H and O–H groups in total. The van der Waals surface area contributed by atoms with Crippen molar-refractivity contribution in [3.05, 3.63) is 41.7 Å². The molecule has 0 aliphatic heterocycles. The first-order valence-corrected chi connectivity index (χ1v) is 5.56. The lowest BCUT2D eigenvalue weighted by Crippen LogP contribution is -2.05. The highest BCUT2D eigenvalue weighted by molar-refractivity contribution is 5.68. The fraction of sp³-hybridized carbons (Fsp3) is 0.231. The Hall–Kier alpha value is -2.04. The van der Waals surface area contributed by atoms with Crippen LogP contribution in [0.1, 0.15) is 25.3 Å². The molecule has 1 aromatic carbocycles. The van der Waals surface area contributed by atoms with Crippen molar-refractivity contribution < 1.29 is 8.78 Å². The van der Waals surface area contributed by atoms with E-state index in [4.69, 9.17) is 5.73 Å². The summed E-state index contributed by atoms with van der Waals surface area (Å²) >= 11 is 0. The molecule has 18 heavy (non-hydrogen) atoms. The zero-order chi connectivity index (χ0) is 13.3. The standard InChI is InChI=1S/C13H13F2N3/c1-7(2)11-12(17-6-18-13(11)16)9-5-8(14)3-4-10(9)15/h3-7H,1-2H3,(H2,16,17,18). The van der Waals surface area contributed by atoms with Gasteiger partial charge in [0.25, 0.3) is 0 Å². The maximum atomic E-state index is 13.8. The molecule has 2 aromatic rings. The second-order valence-electron chi connectivity index (χ2n) is 4.30. The summed E-state index contributed by atoms with van der Waals surface area (Å²) in [7, 11) is 0. The fourth-order valence-corrected chi connectivity index (χ4v) is 1.87. The summed E-state index contributed by atoms with van der Waals surface area (Å²) in [6, 6.07) is 3.26. The van der Waals surface area contributed by atoms with Gasteiger partial charge in [-0.2, -0.15) is 0 Å². The molecule has 0 aliphatic carbocycles. The monoisotopic (exact) mass is 249 g/mol. The van der Waals surface area contributed by atoms with Gasteiger partial charge in [0.05, 0.1) is 5.69 Å². The Morgan fingerprint density at radius 1 is 1.17 bits per heavy atom. The van der Waals surface area contributed by atoms with E-state index in [0.29, 0.717) is 17.1 Å². The minimum atomic E-state index is -0.531. The molecule has 1 heterocycles. The lowest BCUT2D eigenvalue weighted by molar-refractivity contribution is 0.602. The van der Waals surface area contributed by atoms with Gasteiger partial charge >= 0.3 is 0 Å². The van der Waals surface area contributed by atoms with Gasteiger partial charge in [-0.1, -0.05) is 13.8 Å². The predicted molar refractivity (Wildman–Crippen MR) is 65.9 cm³/mol. The maximum Gasteiger partial charge on any atom is 0.132 e. The summed E-state index contributed by atoms with van der Waals surface area (Å²) in [6.07, 6.45) is 1.25. The number of hydrogen-bond donors (Lipinski definition) is 1. The Morgan fingerprint density at radius 2 is 1.89 bits per heavy atom. The van der Waals surface area contributed by atoms with Gasteiger partial charge in [-0.3, -0.25) is 0 Å². The number of rotatable bonds is 2. The average Bonchev–Trinajstić information content (AvgIpc) is 2.31. The minimum absolute atomic E-state index is 0.0175. The normalized spacial score (nSPS) is 10.9. The quantitative estimate of drug-likeness (QED) is 0.889. The first-order valence-electron chi connectivity index (χ1n) is 5.56. The number of nitrogens with two attached hydrogens (primary N) is 1. The second kappa shape index (κ2) is 4.68. The van der Waals surface area contributed by atoms with Gasteiger partial charge < -0.3 is 5.73 Å². The van der Waals surface area contributed by atoms with Gasteiger partial charge in [0.1, 0.15) is 23.8 Å². The van der Waals surface area contributed by atoms with Crippen molar-refractivity contribution in [2.45, 2.75) is 19.8 Å². The van der Waals surface area contributed by atoms with Crippen molar-refractivity contribution in [2.75, 3.05) is 5.73 Å². The maximum absolute atomic E-state index is 13.8. The van der Waals surface area contributed by atoms with Crippen LogP contribution < -0.4 is 5.73 Å². The van der Waals surface area contributed by atoms with Crippen LogP contribution in [0.15, 0.2) is 24.5 Å². The van der Waals surface area contributed by atoms with Crippen LogP contribution in [0.4, 0.5) is 14.6 Å². The molecule has 0 radical (unpaired) electrons. The third kappa shape index (κ3) is 2.16. The molecule has 1 aromatic heterocycles. The Kier molecular flexibility index (Phi) is 3.23. The highest BCUT2D eigenvalue weighted by atomic mass is 19.1. The van der Waals surface area contributed by atoms with Crippen LogP contribution in [0.2, 0.25) is 0 Å². The molecule has 0 saturated carbocycles. The summed E-state index contributed by atoms with van der Waals surface area (Å²) in [6.45, 7) is 3.80. The molecule has 0 amide bonds. The molecule has 0 spiro atoms. The molecule has 5 heteroatoms. The van der Waals surface area contributed by atoms with E-state index in [1.165, 1.54) is 6.33 Å². The van der Waals surface area contributed by atoms with E-state index in [-0.39, 0.29) is 11.5 Å². The van der Waals surface area contributed by atoms with Crippen molar-refractivity contribution in [2.24, 2.45) is 0 Å². The first kappa shape index (κ1) is 12.4. The van der Waals surface area contributed by atoms with E-state index in [2.05, 4.69) is 9.97 Å². The van der Waals surface area contributed by atoms with Gasteiger partial charge in [0, 0.05) is 11.1 Å². The predicted octanol–water partition coefficient (Wildman–Crippen LogP) is 3.13. The summed E-state index contributed by atoms with van der Waals surface area (Å²) in [5.74, 6) is -0.739. The number of hydrogen-bond acceptors (Lipinski definition) is 3. The van der Waals surface area contributed by atoms with Crippen LogP contribution in [-0.4, -0.2) is 9.97 Å². The zero-order valence-electron chi connectivity index (χ0n) is 10.1. The van der Waals surface area contributed by atoms with Gasteiger partial charge in [0.2, 0.25) is 0 Å². The molecule has 94 valence electrons. The average molecular weight is 249 g/mol. The van der Waals surface area contributed by atoms with Crippen LogP contribution in [-0.2, 0) is 0 Å². The Morgan fingerprint density at radius 3 is 2.56 bits per heavy atom. The number of anilines is 1. The van der Waals surface area contributed by atoms with Crippen molar-refractivity contribution in [3.8, 4) is 11.3 Å². The summed E-state index contributed by atoms with van der Waals surface area (Å²) < 4.78 is 27.0. The number of halogens is 2. The van der Waals surface area contributed by atoms with Crippen LogP contribution in [0.25, 0.3) is 11.3 Å². The lowest BCUT2D eigenvalue weighted by Gasteiger charge is -2.14. The zero-order valence-corrected chi connectivity index (χ0v) is 10.1. The molecule has 0 unspecified atom stereocenters. The van der Waals surface area contributed by atoms with E-state index in [1.807, 2.05) is 13.8 Å². The van der Waals surface area contributed by atoms with E-state index in [0.717, 1.165) is 18.2 Å². The molecule has 0 fully saturated rings. The molecular formula is C13H13F2N3. The highest BCUT2D eigenvalue weighted by Crippen LogP contribution is 2.32. The Labute approximate surface area is 104 Å². The van der Waals surface area contributed by atoms with Gasteiger partial charge in [-0.25, -0.2) is 18.7 Å². The van der Waals surface area contributed by atoms with Crippen molar-refractivity contribution >= 4 is 5.82 Å². The van der Waals surface area contributed by atoms with Crippen molar-refractivity contribution in [1.29, 1.82) is 0 Å². The highest BCUT2D eigenvalue weighted by Gasteiger charge is 2.17. The minimum Gasteiger partial charge on any atom is -0.383 e. The topological polar surface area (TPSA) is 51.8 Å². The van der Waals surface area contributed by atoms with E-state index in [1.54, 1.807) is 0 Å². The lowest BCUT2D eigenvalue weighted by atomic mass is 9.97. The van der Waals surface area contributed by atoms with Gasteiger partial charge in [-0.05, 0) is 24.1 Å². The van der Waals surface area contributed by atoms with Crippen LogP contribution in [0, 0.1) is 11.6 Å². The van der Waals surface area contributed by atoms with E-state index in [9.17, 15) is 8.78 Å². The molecular weight excluding hydrogens is 236 g/mol. The second-order valence-corrected chi connectivity index (χ2v) is 4.30. The largest absolute Gasteiger partial charge is 0.383 e. The number of aromatic nitrogens is 2. The Bertz CT molecular complexity index is 582. The van der Waals surface area contributed by atoms with E-state index >= 15 is 0 Å². The third-order valence-corrected chi connectivity index (χ3v) is 2.68. The smallest absolute Gasteiger partial charge is 0.132 e. The molecule has 0 atom stereocenters. The van der Waals surface area contributed by atoms with Crippen LogP contribution in [0.5, 0.6) is 0 Å². The number of nitrogen functional groups attached to an aromatic ring is 1. The van der Waals surface area contributed by atoms with Crippen molar-refractivity contribution in [3.63, 3.8) is 0 Å². The van der Waals surface area contributed by atoms with Crippen LogP contribution in [0.3, 0.4) is 0 Å². The first-order chi connectivity index (χ1) is 8.50. The summed E-state index contributed by atoms with van der Waals surface area (Å²) in [4.78, 5) is 7.92. The van der Waals surface area contributed by atoms with Crippen LogP contribution >= 0.6 is 0 Å². The molecule has 0 aliphatic rings. The summed E-state index contributed by atoms with van der Waals surface area (Å²) in [5.41, 5.74) is 6.85. The van der Waals surface area contributed by atoms with E-state index < -0.39 is 11.6 Å². The number of benzene rings is 1. The number of nitrogens with zero attached hydrogens (tertiary/aromatic N) is 2. The SMILES string of the molecule is CC(C)c1c(N)ncnc1-c1cc(F)ccc1F. The molecule has 0 saturated heterocycles. The Balaban J connectivity index is 2.71. The van der Waals surface area contributed by atoms with Gasteiger partial charge in [0.15, 0.2) is 0 Å². The van der Waals surface area contributed by atoms with Gasteiger partial charge in [-0.15, -0.1) is 0 Å². The fourth-order valence-electron chi connectivity index (χ4n) is 1.87. The third-order valence-electron chi connectivity index (χ3n) is 2.68. The molecule has 0 bridgehead atoms. The molecule has 2 rings (SSSR count).